The third-order valence-electron chi connectivity index (χ3n) is 2.33. The third-order valence-corrected chi connectivity index (χ3v) is 2.64. The van der Waals surface area contributed by atoms with Gasteiger partial charge in [0.1, 0.15) is 5.82 Å². The summed E-state index contributed by atoms with van der Waals surface area (Å²) in [5, 5.41) is 0.129. The van der Waals surface area contributed by atoms with E-state index in [0.717, 1.165) is 5.56 Å². The van der Waals surface area contributed by atoms with Crippen molar-refractivity contribution in [3.63, 3.8) is 0 Å². The molecule has 3 N–H and O–H groups in total. The predicted octanol–water partition coefficient (Wildman–Crippen LogP) is 2.28. The van der Waals surface area contributed by atoms with Gasteiger partial charge in [0.2, 0.25) is 0 Å². The summed E-state index contributed by atoms with van der Waals surface area (Å²) in [6, 6.07) is 4.70. The van der Waals surface area contributed by atoms with E-state index in [1.165, 1.54) is 6.07 Å². The first-order valence-electron chi connectivity index (χ1n) is 5.54. The summed E-state index contributed by atoms with van der Waals surface area (Å²) < 4.78 is 18.7. The topological polar surface area (TPSA) is 47.3 Å². The molecule has 0 aliphatic heterocycles. The zero-order valence-electron chi connectivity index (χ0n) is 10.0. The molecule has 0 fully saturated rings. The lowest BCUT2D eigenvalue weighted by atomic mass is 10.1. The number of nitrogens with two attached hydrogens (primary N) is 1. The number of nitrogens with one attached hydrogen (secondary N) is 1. The van der Waals surface area contributed by atoms with Crippen LogP contribution in [-0.4, -0.2) is 18.8 Å². The van der Waals surface area contributed by atoms with Gasteiger partial charge in [0.15, 0.2) is 0 Å². The van der Waals surface area contributed by atoms with Crippen LogP contribution in [0.1, 0.15) is 19.4 Å². The highest BCUT2D eigenvalue weighted by Crippen LogP contribution is 2.16. The molecular formula is C12H18ClFN2O. The van der Waals surface area contributed by atoms with Crippen molar-refractivity contribution >= 4 is 11.6 Å². The van der Waals surface area contributed by atoms with Crippen LogP contribution in [0.2, 0.25) is 5.02 Å². The molecule has 1 aromatic rings. The summed E-state index contributed by atoms with van der Waals surface area (Å²) in [5.74, 6) is 5.01. The van der Waals surface area contributed by atoms with Crippen LogP contribution in [0.25, 0.3) is 0 Å². The van der Waals surface area contributed by atoms with E-state index in [2.05, 4.69) is 5.43 Å². The Morgan fingerprint density at radius 3 is 2.71 bits per heavy atom. The fraction of sp³-hybridized carbons (Fsp3) is 0.500. The van der Waals surface area contributed by atoms with Crippen LogP contribution in [0, 0.1) is 5.82 Å². The highest BCUT2D eigenvalue weighted by Gasteiger charge is 2.10. The molecule has 0 aromatic heterocycles. The van der Waals surface area contributed by atoms with Crippen molar-refractivity contribution in [2.75, 3.05) is 6.61 Å². The van der Waals surface area contributed by atoms with Gasteiger partial charge >= 0.3 is 0 Å². The number of rotatable bonds is 6. The summed E-state index contributed by atoms with van der Waals surface area (Å²) in [4.78, 5) is 0. The highest BCUT2D eigenvalue weighted by atomic mass is 35.5. The maximum atomic E-state index is 13.2. The molecule has 1 aromatic carbocycles. The van der Waals surface area contributed by atoms with Crippen molar-refractivity contribution in [1.29, 1.82) is 0 Å². The monoisotopic (exact) mass is 260 g/mol. The Morgan fingerprint density at radius 2 is 2.18 bits per heavy atom. The van der Waals surface area contributed by atoms with Crippen molar-refractivity contribution in [2.24, 2.45) is 5.84 Å². The summed E-state index contributed by atoms with van der Waals surface area (Å²) >= 11 is 5.61. The summed E-state index contributed by atoms with van der Waals surface area (Å²) in [7, 11) is 0. The first-order valence-corrected chi connectivity index (χ1v) is 5.92. The van der Waals surface area contributed by atoms with Crippen molar-refractivity contribution in [1.82, 2.24) is 5.43 Å². The predicted molar refractivity (Wildman–Crippen MR) is 67.3 cm³/mol. The van der Waals surface area contributed by atoms with E-state index in [9.17, 15) is 4.39 Å². The van der Waals surface area contributed by atoms with Gasteiger partial charge in [0.25, 0.3) is 0 Å². The molecule has 0 aliphatic carbocycles. The average molecular weight is 261 g/mol. The second-order valence-corrected chi connectivity index (χ2v) is 4.61. The molecule has 0 aliphatic rings. The van der Waals surface area contributed by atoms with Crippen LogP contribution in [0.3, 0.4) is 0 Å². The molecule has 1 rings (SSSR count). The Hall–Kier alpha value is -0.680. The van der Waals surface area contributed by atoms with Crippen LogP contribution in [0.5, 0.6) is 0 Å². The quantitative estimate of drug-likeness (QED) is 0.609. The van der Waals surface area contributed by atoms with Crippen LogP contribution in [-0.2, 0) is 11.2 Å². The molecule has 17 heavy (non-hydrogen) atoms. The summed E-state index contributed by atoms with van der Waals surface area (Å²) in [5.41, 5.74) is 3.49. The Kier molecular flexibility index (Phi) is 5.85. The zero-order valence-corrected chi connectivity index (χ0v) is 10.8. The van der Waals surface area contributed by atoms with Gasteiger partial charge in [0.05, 0.1) is 17.7 Å². The Labute approximate surface area is 106 Å². The molecule has 0 saturated heterocycles. The molecule has 0 spiro atoms. The number of hydrogen-bond acceptors (Lipinski definition) is 3. The van der Waals surface area contributed by atoms with Gasteiger partial charge in [-0.2, -0.15) is 0 Å². The van der Waals surface area contributed by atoms with E-state index in [1.807, 2.05) is 13.8 Å². The second-order valence-electron chi connectivity index (χ2n) is 4.20. The highest BCUT2D eigenvalue weighted by molar-refractivity contribution is 6.30. The fourth-order valence-corrected chi connectivity index (χ4v) is 1.54. The van der Waals surface area contributed by atoms with Crippen molar-refractivity contribution < 1.29 is 9.13 Å². The number of hydrogen-bond donors (Lipinski definition) is 2. The summed E-state index contributed by atoms with van der Waals surface area (Å²) in [6.07, 6.45) is 0.741. The average Bonchev–Trinajstić information content (AvgIpc) is 2.28. The molecule has 96 valence electrons. The number of ether oxygens (including phenoxy) is 1. The van der Waals surface area contributed by atoms with Crippen molar-refractivity contribution in [2.45, 2.75) is 32.4 Å². The number of hydrazine groups is 1. The van der Waals surface area contributed by atoms with Gasteiger partial charge in [0, 0.05) is 6.04 Å². The van der Waals surface area contributed by atoms with Crippen LogP contribution < -0.4 is 11.3 Å². The zero-order chi connectivity index (χ0) is 12.8. The lowest BCUT2D eigenvalue weighted by Gasteiger charge is -2.18. The first-order chi connectivity index (χ1) is 8.02. The molecule has 1 atom stereocenters. The molecule has 0 heterocycles. The number of benzene rings is 1. The van der Waals surface area contributed by atoms with E-state index < -0.39 is 5.82 Å². The minimum Gasteiger partial charge on any atom is -0.377 e. The molecular weight excluding hydrogens is 243 g/mol. The molecule has 0 amide bonds. The number of halogens is 2. The second kappa shape index (κ2) is 6.91. The van der Waals surface area contributed by atoms with Gasteiger partial charge in [-0.15, -0.1) is 0 Å². The molecule has 1 unspecified atom stereocenters. The van der Waals surface area contributed by atoms with Gasteiger partial charge in [-0.25, -0.2) is 4.39 Å². The smallest absolute Gasteiger partial charge is 0.142 e. The van der Waals surface area contributed by atoms with E-state index in [-0.39, 0.29) is 17.2 Å². The third kappa shape index (κ3) is 5.00. The SMILES string of the molecule is CC(C)OCC(Cc1ccc(Cl)c(F)c1)NN. The maximum Gasteiger partial charge on any atom is 0.142 e. The van der Waals surface area contributed by atoms with E-state index in [0.29, 0.717) is 13.0 Å². The molecule has 0 saturated carbocycles. The van der Waals surface area contributed by atoms with Crippen LogP contribution >= 0.6 is 11.6 Å². The van der Waals surface area contributed by atoms with Gasteiger partial charge in [-0.1, -0.05) is 17.7 Å². The van der Waals surface area contributed by atoms with Gasteiger partial charge < -0.3 is 4.74 Å². The normalized spacial score (nSPS) is 13.1. The van der Waals surface area contributed by atoms with Gasteiger partial charge in [-0.05, 0) is 38.0 Å². The van der Waals surface area contributed by atoms with Crippen LogP contribution in [0.15, 0.2) is 18.2 Å². The maximum absolute atomic E-state index is 13.2. The van der Waals surface area contributed by atoms with E-state index in [4.69, 9.17) is 22.2 Å². The Balaban J connectivity index is 2.57. The van der Waals surface area contributed by atoms with Gasteiger partial charge in [-0.3, -0.25) is 11.3 Å². The van der Waals surface area contributed by atoms with E-state index in [1.54, 1.807) is 12.1 Å². The van der Waals surface area contributed by atoms with Crippen molar-refractivity contribution in [3.8, 4) is 0 Å². The lowest BCUT2D eigenvalue weighted by Crippen LogP contribution is -2.40. The fourth-order valence-electron chi connectivity index (χ4n) is 1.43. The molecule has 0 radical (unpaired) electrons. The molecule has 3 nitrogen and oxygen atoms in total. The first kappa shape index (κ1) is 14.4. The Morgan fingerprint density at radius 1 is 1.47 bits per heavy atom. The Bertz CT molecular complexity index is 360. The lowest BCUT2D eigenvalue weighted by molar-refractivity contribution is 0.0613. The minimum absolute atomic E-state index is 0.0435. The van der Waals surface area contributed by atoms with Crippen molar-refractivity contribution in [3.05, 3.63) is 34.6 Å². The summed E-state index contributed by atoms with van der Waals surface area (Å²) in [6.45, 7) is 4.39. The molecule has 5 heteroatoms. The largest absolute Gasteiger partial charge is 0.377 e. The molecule has 0 bridgehead atoms. The van der Waals surface area contributed by atoms with Crippen LogP contribution in [0.4, 0.5) is 4.39 Å². The standard InChI is InChI=1S/C12H18ClFN2O/c1-8(2)17-7-10(16-15)5-9-3-4-11(13)12(14)6-9/h3-4,6,8,10,16H,5,7,15H2,1-2H3. The van der Waals surface area contributed by atoms with E-state index >= 15 is 0 Å². The minimum atomic E-state index is -0.412.